The molecule has 2 unspecified atom stereocenters. The number of fused-ring (bicyclic) bond motifs is 1. The largest absolute Gasteiger partial charge is 0.481 e. The molecule has 1 aromatic carbocycles. The maximum atomic E-state index is 12.6. The normalized spacial score (nSPS) is 27.6. The number of likely N-dealkylation sites (tertiary alicyclic amines) is 1. The van der Waals surface area contributed by atoms with Crippen LogP contribution in [-0.4, -0.2) is 43.2 Å². The number of rotatable bonds is 5. The maximum absolute atomic E-state index is 12.6. The lowest BCUT2D eigenvalue weighted by molar-refractivity contribution is -0.147. The van der Waals surface area contributed by atoms with Gasteiger partial charge in [-0.25, -0.2) is 4.98 Å². The second-order valence-electron chi connectivity index (χ2n) is 7.03. The molecule has 0 radical (unpaired) electrons. The van der Waals surface area contributed by atoms with Gasteiger partial charge in [0.25, 0.3) is 0 Å². The highest BCUT2D eigenvalue weighted by Crippen LogP contribution is 2.69. The van der Waals surface area contributed by atoms with Crippen molar-refractivity contribution in [2.45, 2.75) is 18.4 Å². The van der Waals surface area contributed by atoms with Crippen LogP contribution in [-0.2, 0) is 21.5 Å². The van der Waals surface area contributed by atoms with E-state index < -0.39 is 5.41 Å². The summed E-state index contributed by atoms with van der Waals surface area (Å²) in [7, 11) is 3.08. The third-order valence-corrected chi connectivity index (χ3v) is 5.63. The maximum Gasteiger partial charge on any atom is 0.314 e. The van der Waals surface area contributed by atoms with Crippen LogP contribution in [0.4, 0.5) is 0 Å². The van der Waals surface area contributed by atoms with Crippen molar-refractivity contribution < 1.29 is 14.3 Å². The molecule has 2 atom stereocenters. The summed E-state index contributed by atoms with van der Waals surface area (Å²) in [5.74, 6) is 0.451. The first-order valence-electron chi connectivity index (χ1n) is 8.50. The van der Waals surface area contributed by atoms with Gasteiger partial charge in [0.1, 0.15) is 0 Å². The number of benzene rings is 1. The Labute approximate surface area is 147 Å². The molecule has 0 bridgehead atoms. The fraction of sp³-hybridized carbons (Fsp3) is 0.400. The SMILES string of the molecule is COC(=O)C12CN(Cc3ccccc3)CC1(c1cccc(OC)n1)C2. The first-order valence-corrected chi connectivity index (χ1v) is 8.50. The van der Waals surface area contributed by atoms with Crippen LogP contribution in [0.1, 0.15) is 17.7 Å². The van der Waals surface area contributed by atoms with E-state index in [0.717, 1.165) is 25.2 Å². The molecule has 5 heteroatoms. The third kappa shape index (κ3) is 2.42. The van der Waals surface area contributed by atoms with Crippen LogP contribution in [0.2, 0.25) is 0 Å². The van der Waals surface area contributed by atoms with Crippen LogP contribution in [0, 0.1) is 5.41 Å². The predicted molar refractivity (Wildman–Crippen MR) is 93.3 cm³/mol. The summed E-state index contributed by atoms with van der Waals surface area (Å²) in [5.41, 5.74) is 1.41. The van der Waals surface area contributed by atoms with Crippen LogP contribution >= 0.6 is 0 Å². The van der Waals surface area contributed by atoms with Gasteiger partial charge in [0, 0.05) is 31.1 Å². The van der Waals surface area contributed by atoms with Gasteiger partial charge in [0.05, 0.1) is 25.3 Å². The smallest absolute Gasteiger partial charge is 0.314 e. The van der Waals surface area contributed by atoms with Crippen LogP contribution in [0.3, 0.4) is 0 Å². The van der Waals surface area contributed by atoms with Gasteiger partial charge in [0.15, 0.2) is 0 Å². The first-order chi connectivity index (χ1) is 12.1. The van der Waals surface area contributed by atoms with Gasteiger partial charge in [-0.1, -0.05) is 36.4 Å². The molecule has 0 N–H and O–H groups in total. The molecule has 0 spiro atoms. The number of carbonyl (C=O) groups is 1. The lowest BCUT2D eigenvalue weighted by Crippen LogP contribution is -2.29. The predicted octanol–water partition coefficient (Wildman–Crippen LogP) is 2.41. The number of piperidine rings is 1. The molecule has 1 saturated heterocycles. The molecular formula is C20H22N2O3. The van der Waals surface area contributed by atoms with Crippen molar-refractivity contribution >= 4 is 5.97 Å². The highest BCUT2D eigenvalue weighted by atomic mass is 16.5. The van der Waals surface area contributed by atoms with Crippen molar-refractivity contribution in [3.8, 4) is 5.88 Å². The van der Waals surface area contributed by atoms with Crippen LogP contribution in [0.5, 0.6) is 5.88 Å². The quantitative estimate of drug-likeness (QED) is 0.784. The van der Waals surface area contributed by atoms with Crippen molar-refractivity contribution in [2.24, 2.45) is 5.41 Å². The molecule has 0 amide bonds. The summed E-state index contributed by atoms with van der Waals surface area (Å²) in [6.45, 7) is 2.33. The topological polar surface area (TPSA) is 51.7 Å². The third-order valence-electron chi connectivity index (χ3n) is 5.63. The summed E-state index contributed by atoms with van der Waals surface area (Å²) in [6.07, 6.45) is 0.790. The first kappa shape index (κ1) is 16.1. The lowest BCUT2D eigenvalue weighted by Gasteiger charge is -2.20. The fourth-order valence-corrected chi connectivity index (χ4v) is 4.40. The highest BCUT2D eigenvalue weighted by molar-refractivity contribution is 5.85. The standard InChI is InChI=1S/C20H22N2O3/c1-24-17-10-6-9-16(21-17)19-12-20(19,18(23)25-2)14-22(13-19)11-15-7-4-3-5-8-15/h3-10H,11-14H2,1-2H3. The summed E-state index contributed by atoms with van der Waals surface area (Å²) < 4.78 is 10.4. The van der Waals surface area contributed by atoms with Gasteiger partial charge in [-0.15, -0.1) is 0 Å². The van der Waals surface area contributed by atoms with Crippen LogP contribution in [0.25, 0.3) is 0 Å². The van der Waals surface area contributed by atoms with Crippen molar-refractivity contribution in [3.05, 3.63) is 59.8 Å². The number of hydrogen-bond acceptors (Lipinski definition) is 5. The molecular weight excluding hydrogens is 316 g/mol. The summed E-state index contributed by atoms with van der Waals surface area (Å²) in [5, 5.41) is 0. The minimum Gasteiger partial charge on any atom is -0.481 e. The van der Waals surface area contributed by atoms with Gasteiger partial charge in [-0.3, -0.25) is 9.69 Å². The van der Waals surface area contributed by atoms with Gasteiger partial charge in [-0.2, -0.15) is 0 Å². The lowest BCUT2D eigenvalue weighted by atomic mass is 9.92. The van der Waals surface area contributed by atoms with Gasteiger partial charge >= 0.3 is 5.97 Å². The molecule has 25 heavy (non-hydrogen) atoms. The molecule has 1 aromatic heterocycles. The molecule has 1 aliphatic heterocycles. The molecule has 2 aliphatic rings. The van der Waals surface area contributed by atoms with E-state index in [2.05, 4.69) is 22.0 Å². The zero-order valence-electron chi connectivity index (χ0n) is 14.6. The summed E-state index contributed by atoms with van der Waals surface area (Å²) >= 11 is 0. The molecule has 2 aromatic rings. The Balaban J connectivity index is 1.65. The van der Waals surface area contributed by atoms with E-state index in [1.165, 1.54) is 12.7 Å². The van der Waals surface area contributed by atoms with Crippen molar-refractivity contribution in [1.29, 1.82) is 0 Å². The van der Waals surface area contributed by atoms with E-state index in [1.807, 2.05) is 36.4 Å². The number of esters is 1. The molecule has 2 heterocycles. The molecule has 2 fully saturated rings. The molecule has 130 valence electrons. The van der Waals surface area contributed by atoms with Crippen molar-refractivity contribution in [1.82, 2.24) is 9.88 Å². The zero-order valence-corrected chi connectivity index (χ0v) is 14.6. The van der Waals surface area contributed by atoms with Crippen LogP contribution < -0.4 is 4.74 Å². The number of aromatic nitrogens is 1. The highest BCUT2D eigenvalue weighted by Gasteiger charge is 2.78. The molecule has 5 nitrogen and oxygen atoms in total. The number of methoxy groups -OCH3 is 2. The Morgan fingerprint density at radius 2 is 1.92 bits per heavy atom. The number of nitrogens with zero attached hydrogens (tertiary/aromatic N) is 2. The molecule has 4 rings (SSSR count). The number of pyridine rings is 1. The van der Waals surface area contributed by atoms with E-state index in [-0.39, 0.29) is 11.4 Å². The van der Waals surface area contributed by atoms with E-state index in [0.29, 0.717) is 12.4 Å². The number of hydrogen-bond donors (Lipinski definition) is 0. The Morgan fingerprint density at radius 3 is 2.64 bits per heavy atom. The van der Waals surface area contributed by atoms with Crippen molar-refractivity contribution in [2.75, 3.05) is 27.3 Å². The van der Waals surface area contributed by atoms with E-state index in [1.54, 1.807) is 7.11 Å². The average molecular weight is 338 g/mol. The second kappa shape index (κ2) is 5.85. The second-order valence-corrected chi connectivity index (χ2v) is 7.03. The molecule has 1 aliphatic carbocycles. The monoisotopic (exact) mass is 338 g/mol. The van der Waals surface area contributed by atoms with Crippen molar-refractivity contribution in [3.63, 3.8) is 0 Å². The number of ether oxygens (including phenoxy) is 2. The minimum atomic E-state index is -0.490. The Hall–Kier alpha value is -2.40. The van der Waals surface area contributed by atoms with Gasteiger partial charge in [-0.05, 0) is 18.1 Å². The molecule has 1 saturated carbocycles. The minimum absolute atomic E-state index is 0.132. The van der Waals surface area contributed by atoms with Gasteiger partial charge in [0.2, 0.25) is 5.88 Å². The zero-order chi connectivity index (χ0) is 17.5. The summed E-state index contributed by atoms with van der Waals surface area (Å²) in [6, 6.07) is 16.1. The summed E-state index contributed by atoms with van der Waals surface area (Å²) in [4.78, 5) is 19.6. The fourth-order valence-electron chi connectivity index (χ4n) is 4.40. The Kier molecular flexibility index (Phi) is 3.76. The average Bonchev–Trinajstić information content (AvgIpc) is 3.20. The number of carbonyl (C=O) groups excluding carboxylic acids is 1. The van der Waals surface area contributed by atoms with E-state index in [4.69, 9.17) is 9.47 Å². The van der Waals surface area contributed by atoms with E-state index >= 15 is 0 Å². The van der Waals surface area contributed by atoms with Crippen LogP contribution in [0.15, 0.2) is 48.5 Å². The Morgan fingerprint density at radius 1 is 1.12 bits per heavy atom. The van der Waals surface area contributed by atoms with E-state index in [9.17, 15) is 4.79 Å². The Bertz CT molecular complexity index is 795. The van der Waals surface area contributed by atoms with Gasteiger partial charge < -0.3 is 9.47 Å².